The van der Waals surface area contributed by atoms with Gasteiger partial charge in [-0.15, -0.1) is 0 Å². The number of carbonyl (C=O) groups is 4. The van der Waals surface area contributed by atoms with Crippen LogP contribution in [0.4, 0.5) is 0 Å². The van der Waals surface area contributed by atoms with Crippen LogP contribution in [0.3, 0.4) is 0 Å². The predicted octanol–water partition coefficient (Wildman–Crippen LogP) is 6.75. The third kappa shape index (κ3) is 12.4. The normalized spacial score (nSPS) is 30.9. The highest BCUT2D eigenvalue weighted by Gasteiger charge is 2.64. The maximum Gasteiger partial charge on any atom is 0.307 e. The van der Waals surface area contributed by atoms with Crippen LogP contribution in [0.1, 0.15) is 157 Å². The Balaban J connectivity index is 1.88. The van der Waals surface area contributed by atoms with Gasteiger partial charge in [0.15, 0.2) is 0 Å². The molecule has 0 amide bonds. The minimum absolute atomic E-state index is 0.0389. The summed E-state index contributed by atoms with van der Waals surface area (Å²) in [5.41, 5.74) is 16.6. The Morgan fingerprint density at radius 3 is 1.94 bits per heavy atom. The van der Waals surface area contributed by atoms with Gasteiger partial charge in [-0.05, 0) is 93.3 Å². The van der Waals surface area contributed by atoms with Crippen LogP contribution in [-0.2, 0) is 38.1 Å². The Labute approximate surface area is 320 Å². The van der Waals surface area contributed by atoms with E-state index in [1.807, 2.05) is 0 Å². The first-order valence-electron chi connectivity index (χ1n) is 21.2. The second-order valence-corrected chi connectivity index (χ2v) is 17.0. The fraction of sp³-hybridized carbons (Fsp3) is 0.905. The van der Waals surface area contributed by atoms with Gasteiger partial charge in [-0.3, -0.25) is 19.2 Å². The number of hydrogen-bond donors (Lipinski definition) is 3. The van der Waals surface area contributed by atoms with E-state index in [0.717, 1.165) is 51.4 Å². The van der Waals surface area contributed by atoms with E-state index in [9.17, 15) is 19.2 Å². The number of hydrogen-bond acceptors (Lipinski definition) is 11. The summed E-state index contributed by atoms with van der Waals surface area (Å²) in [5, 5.41) is 0. The van der Waals surface area contributed by atoms with E-state index in [4.69, 9.17) is 36.1 Å². The summed E-state index contributed by atoms with van der Waals surface area (Å²) in [6.07, 6.45) is 14.0. The van der Waals surface area contributed by atoms with Gasteiger partial charge >= 0.3 is 23.9 Å². The summed E-state index contributed by atoms with van der Waals surface area (Å²) in [5.74, 6) is -0.323. The van der Waals surface area contributed by atoms with Crippen molar-refractivity contribution in [2.75, 3.05) is 26.2 Å². The molecule has 11 nitrogen and oxygen atoms in total. The van der Waals surface area contributed by atoms with Gasteiger partial charge in [-0.1, -0.05) is 66.7 Å². The van der Waals surface area contributed by atoms with Crippen molar-refractivity contribution in [2.45, 2.75) is 175 Å². The van der Waals surface area contributed by atoms with Gasteiger partial charge in [0.1, 0.15) is 18.3 Å². The quantitative estimate of drug-likeness (QED) is 0.0571. The molecule has 3 fully saturated rings. The van der Waals surface area contributed by atoms with Crippen LogP contribution in [0.15, 0.2) is 0 Å². The van der Waals surface area contributed by atoms with Crippen molar-refractivity contribution in [3.63, 3.8) is 0 Å². The lowest BCUT2D eigenvalue weighted by Crippen LogP contribution is -2.59. The maximum absolute atomic E-state index is 13.3. The van der Waals surface area contributed by atoms with Crippen LogP contribution >= 0.6 is 0 Å². The highest BCUT2D eigenvalue weighted by molar-refractivity contribution is 5.71. The zero-order valence-electron chi connectivity index (χ0n) is 33.9. The first kappa shape index (κ1) is 45.2. The smallest absolute Gasteiger partial charge is 0.307 e. The molecule has 3 saturated carbocycles. The molecule has 0 saturated heterocycles. The Morgan fingerprint density at radius 2 is 1.32 bits per heavy atom. The minimum Gasteiger partial charge on any atom is -0.466 e. The lowest BCUT2D eigenvalue weighted by atomic mass is 9.48. The molecule has 3 rings (SSSR count). The zero-order chi connectivity index (χ0) is 39.0. The Bertz CT molecular complexity index is 1140. The second-order valence-electron chi connectivity index (χ2n) is 17.0. The molecule has 0 heterocycles. The largest absolute Gasteiger partial charge is 0.466 e. The molecule has 3 aliphatic rings. The summed E-state index contributed by atoms with van der Waals surface area (Å²) in [6.45, 7) is 12.3. The number of unbranched alkanes of at least 4 members (excludes halogenated alkanes) is 5. The molecule has 0 spiro atoms. The Hall–Kier alpha value is -2.24. The summed E-state index contributed by atoms with van der Waals surface area (Å²) in [7, 11) is 0. The van der Waals surface area contributed by atoms with Crippen LogP contribution in [0.2, 0.25) is 0 Å². The molecule has 0 aromatic heterocycles. The van der Waals surface area contributed by atoms with Gasteiger partial charge in [-0.25, -0.2) is 0 Å². The molecule has 306 valence electrons. The van der Waals surface area contributed by atoms with E-state index in [-0.39, 0.29) is 116 Å². The molecule has 0 unspecified atom stereocenters. The standard InChI is InChI=1S/C42H75N3O8/c1-6-8-9-10-11-12-27-50-36(46)16-13-29(3)31-14-15-32-40(34(7-2)52-38(48)20-25-44)33(28-35(42(31,32)5)53-39(49)21-26-45)41(4)22-17-30(18-23-41)51-37(47)19-24-43/h29-35,40H,6-28,43-45H2,1-5H3/t29-,30-,31-,32+,33+,34-,35+,40+,41+,42-/m1/s1. The lowest BCUT2D eigenvalue weighted by Gasteiger charge is -2.59. The van der Waals surface area contributed by atoms with Crippen molar-refractivity contribution < 1.29 is 38.1 Å². The summed E-state index contributed by atoms with van der Waals surface area (Å²) in [4.78, 5) is 51.5. The fourth-order valence-corrected chi connectivity index (χ4v) is 10.5. The molecule has 0 aromatic carbocycles. The zero-order valence-corrected chi connectivity index (χ0v) is 33.9. The molecular weight excluding hydrogens is 674 g/mol. The summed E-state index contributed by atoms with van der Waals surface area (Å²) in [6, 6.07) is 0. The van der Waals surface area contributed by atoms with Crippen molar-refractivity contribution in [1.29, 1.82) is 0 Å². The van der Waals surface area contributed by atoms with Gasteiger partial charge < -0.3 is 36.1 Å². The molecule has 11 heteroatoms. The second kappa shape index (κ2) is 22.3. The predicted molar refractivity (Wildman–Crippen MR) is 206 cm³/mol. The molecule has 3 aliphatic carbocycles. The van der Waals surface area contributed by atoms with E-state index >= 15 is 0 Å². The van der Waals surface area contributed by atoms with Gasteiger partial charge in [0, 0.05) is 37.4 Å². The highest BCUT2D eigenvalue weighted by atomic mass is 16.6. The van der Waals surface area contributed by atoms with Crippen molar-refractivity contribution in [3.8, 4) is 0 Å². The van der Waals surface area contributed by atoms with Crippen LogP contribution in [-0.4, -0.2) is 68.4 Å². The van der Waals surface area contributed by atoms with Crippen molar-refractivity contribution in [3.05, 3.63) is 0 Å². The third-order valence-electron chi connectivity index (χ3n) is 13.4. The van der Waals surface area contributed by atoms with E-state index in [1.165, 1.54) is 25.7 Å². The van der Waals surface area contributed by atoms with E-state index in [2.05, 4.69) is 34.6 Å². The average molecular weight is 750 g/mol. The molecule has 0 radical (unpaired) electrons. The van der Waals surface area contributed by atoms with E-state index in [1.54, 1.807) is 0 Å². The first-order valence-corrected chi connectivity index (χ1v) is 21.2. The Morgan fingerprint density at radius 1 is 0.717 bits per heavy atom. The lowest BCUT2D eigenvalue weighted by molar-refractivity contribution is -0.200. The molecular formula is C42H75N3O8. The summed E-state index contributed by atoms with van der Waals surface area (Å²) >= 11 is 0. The van der Waals surface area contributed by atoms with Crippen LogP contribution in [0, 0.1) is 40.4 Å². The molecule has 53 heavy (non-hydrogen) atoms. The van der Waals surface area contributed by atoms with Crippen LogP contribution in [0.25, 0.3) is 0 Å². The first-order chi connectivity index (χ1) is 25.4. The monoisotopic (exact) mass is 750 g/mol. The van der Waals surface area contributed by atoms with Crippen molar-refractivity contribution in [1.82, 2.24) is 0 Å². The molecule has 0 bridgehead atoms. The third-order valence-corrected chi connectivity index (χ3v) is 13.4. The number of esters is 4. The van der Waals surface area contributed by atoms with Crippen molar-refractivity contribution in [2.24, 2.45) is 57.6 Å². The minimum atomic E-state index is -0.397. The SMILES string of the molecule is CCCCCCCCOC(=O)CC[C@@H](C)[C@H]1CC[C@H]2[C@H]([C@@H](CC)OC(=O)CCN)[C@@H]([C@]3(C)CC[C@H](OC(=O)CCN)CC3)C[C@H](OC(=O)CCN)[C@]12C. The number of rotatable bonds is 23. The highest BCUT2D eigenvalue weighted by Crippen LogP contribution is 2.66. The Kier molecular flexibility index (Phi) is 19.0. The van der Waals surface area contributed by atoms with E-state index in [0.29, 0.717) is 32.3 Å². The maximum atomic E-state index is 13.3. The number of ether oxygens (including phenoxy) is 4. The van der Waals surface area contributed by atoms with Gasteiger partial charge in [0.2, 0.25) is 0 Å². The molecule has 6 N–H and O–H groups in total. The average Bonchev–Trinajstić information content (AvgIpc) is 3.48. The van der Waals surface area contributed by atoms with Gasteiger partial charge in [0.25, 0.3) is 0 Å². The van der Waals surface area contributed by atoms with Crippen molar-refractivity contribution >= 4 is 23.9 Å². The number of fused-ring (bicyclic) bond motifs is 1. The molecule has 0 aliphatic heterocycles. The molecule has 8 atom stereocenters. The number of carbonyl (C=O) groups excluding carboxylic acids is 4. The van der Waals surface area contributed by atoms with Crippen LogP contribution in [0.5, 0.6) is 0 Å². The summed E-state index contributed by atoms with van der Waals surface area (Å²) < 4.78 is 24.2. The van der Waals surface area contributed by atoms with E-state index < -0.39 is 5.41 Å². The van der Waals surface area contributed by atoms with Gasteiger partial charge in [-0.2, -0.15) is 0 Å². The fourth-order valence-electron chi connectivity index (χ4n) is 10.5. The van der Waals surface area contributed by atoms with Crippen LogP contribution < -0.4 is 17.2 Å². The molecule has 0 aromatic rings. The topological polar surface area (TPSA) is 183 Å². The van der Waals surface area contributed by atoms with Gasteiger partial charge in [0.05, 0.1) is 25.9 Å². The number of nitrogens with two attached hydrogens (primary N) is 3.